The van der Waals surface area contributed by atoms with Crippen LogP contribution in [0.4, 0.5) is 4.39 Å². The molecule has 5 heteroatoms. The van der Waals surface area contributed by atoms with E-state index in [0.717, 1.165) is 19.3 Å². The fraction of sp³-hybridized carbons (Fsp3) is 0.562. The van der Waals surface area contributed by atoms with Gasteiger partial charge < -0.3 is 15.8 Å². The van der Waals surface area contributed by atoms with Crippen molar-refractivity contribution in [2.45, 2.75) is 25.3 Å². The van der Waals surface area contributed by atoms with Gasteiger partial charge in [0.1, 0.15) is 18.2 Å². The number of benzene rings is 1. The maximum atomic E-state index is 13.0. The summed E-state index contributed by atoms with van der Waals surface area (Å²) in [7, 11) is 0. The van der Waals surface area contributed by atoms with Gasteiger partial charge in [0, 0.05) is 12.1 Å². The second-order valence-corrected chi connectivity index (χ2v) is 6.03. The van der Waals surface area contributed by atoms with Gasteiger partial charge >= 0.3 is 0 Å². The molecule has 0 radical (unpaired) electrons. The van der Waals surface area contributed by atoms with Crippen LogP contribution in [0.3, 0.4) is 0 Å². The Hall–Kier alpha value is -1.62. The smallest absolute Gasteiger partial charge is 0.225 e. The number of nitrogens with one attached hydrogen (secondary N) is 1. The number of rotatable bonds is 5. The van der Waals surface area contributed by atoms with Gasteiger partial charge in [0.05, 0.1) is 12.5 Å². The molecule has 1 amide bonds. The molecule has 4 nitrogen and oxygen atoms in total. The van der Waals surface area contributed by atoms with Crippen molar-refractivity contribution in [2.24, 2.45) is 23.5 Å². The number of nitrogens with two attached hydrogens (primary N) is 1. The number of fused-ring (bicyclic) bond motifs is 2. The van der Waals surface area contributed by atoms with Crippen LogP contribution >= 0.6 is 0 Å². The number of carbonyl (C=O) groups is 1. The van der Waals surface area contributed by atoms with Crippen molar-refractivity contribution in [2.75, 3.05) is 13.2 Å². The SMILES string of the molecule is NC1C2CCC(C2)C1C(=O)NCCOc1cccc(F)c1. The Morgan fingerprint density at radius 1 is 1.38 bits per heavy atom. The van der Waals surface area contributed by atoms with E-state index in [0.29, 0.717) is 30.7 Å². The van der Waals surface area contributed by atoms with E-state index in [1.807, 2.05) is 0 Å². The van der Waals surface area contributed by atoms with Gasteiger partial charge in [-0.15, -0.1) is 0 Å². The minimum absolute atomic E-state index is 0.00730. The summed E-state index contributed by atoms with van der Waals surface area (Å²) in [5.74, 6) is 1.12. The number of hydrogen-bond donors (Lipinski definition) is 2. The van der Waals surface area contributed by atoms with Crippen molar-refractivity contribution in [1.29, 1.82) is 0 Å². The van der Waals surface area contributed by atoms with Crippen LogP contribution < -0.4 is 15.8 Å². The molecule has 4 atom stereocenters. The number of hydrogen-bond acceptors (Lipinski definition) is 3. The molecule has 2 bridgehead atoms. The maximum Gasteiger partial charge on any atom is 0.225 e. The van der Waals surface area contributed by atoms with Crippen LogP contribution in [-0.4, -0.2) is 25.1 Å². The van der Waals surface area contributed by atoms with Gasteiger partial charge in [-0.05, 0) is 43.2 Å². The van der Waals surface area contributed by atoms with Gasteiger partial charge in [0.2, 0.25) is 5.91 Å². The molecule has 0 heterocycles. The van der Waals surface area contributed by atoms with Crippen LogP contribution in [-0.2, 0) is 4.79 Å². The van der Waals surface area contributed by atoms with Gasteiger partial charge in [-0.3, -0.25) is 4.79 Å². The van der Waals surface area contributed by atoms with E-state index in [-0.39, 0.29) is 23.7 Å². The van der Waals surface area contributed by atoms with Crippen LogP contribution in [0.1, 0.15) is 19.3 Å². The third-order valence-electron chi connectivity index (χ3n) is 4.75. The predicted molar refractivity (Wildman–Crippen MR) is 77.2 cm³/mol. The summed E-state index contributed by atoms with van der Waals surface area (Å²) in [4.78, 5) is 12.2. The monoisotopic (exact) mass is 292 g/mol. The van der Waals surface area contributed by atoms with Crippen molar-refractivity contribution < 1.29 is 13.9 Å². The first-order valence-electron chi connectivity index (χ1n) is 7.57. The normalized spacial score (nSPS) is 30.4. The molecule has 3 rings (SSSR count). The Balaban J connectivity index is 1.42. The van der Waals surface area contributed by atoms with Crippen LogP contribution in [0.25, 0.3) is 0 Å². The quantitative estimate of drug-likeness (QED) is 0.812. The molecule has 114 valence electrons. The Labute approximate surface area is 123 Å². The van der Waals surface area contributed by atoms with Crippen molar-refractivity contribution >= 4 is 5.91 Å². The first kappa shape index (κ1) is 14.3. The highest BCUT2D eigenvalue weighted by atomic mass is 19.1. The summed E-state index contributed by atoms with van der Waals surface area (Å²) in [6, 6.07) is 5.99. The van der Waals surface area contributed by atoms with Gasteiger partial charge in [0.15, 0.2) is 0 Å². The third-order valence-corrected chi connectivity index (χ3v) is 4.75. The number of amides is 1. The lowest BCUT2D eigenvalue weighted by Gasteiger charge is -2.26. The molecule has 1 aromatic rings. The summed E-state index contributed by atoms with van der Waals surface area (Å²) in [6.45, 7) is 0.737. The maximum absolute atomic E-state index is 13.0. The number of halogens is 1. The third kappa shape index (κ3) is 3.02. The second-order valence-electron chi connectivity index (χ2n) is 6.03. The molecule has 2 aliphatic carbocycles. The van der Waals surface area contributed by atoms with Crippen LogP contribution in [0, 0.1) is 23.6 Å². The Kier molecular flexibility index (Phi) is 4.10. The molecular formula is C16H21FN2O2. The number of ether oxygens (including phenoxy) is 1. The summed E-state index contributed by atoms with van der Waals surface area (Å²) in [5, 5.41) is 2.89. The van der Waals surface area contributed by atoms with E-state index < -0.39 is 0 Å². The van der Waals surface area contributed by atoms with Crippen molar-refractivity contribution in [3.8, 4) is 5.75 Å². The highest BCUT2D eigenvalue weighted by Gasteiger charge is 2.48. The van der Waals surface area contributed by atoms with Crippen LogP contribution in [0.5, 0.6) is 5.75 Å². The molecule has 1 aromatic carbocycles. The van der Waals surface area contributed by atoms with Gasteiger partial charge in [0.25, 0.3) is 0 Å². The molecule has 4 unspecified atom stereocenters. The summed E-state index contributed by atoms with van der Waals surface area (Å²) >= 11 is 0. The highest BCUT2D eigenvalue weighted by Crippen LogP contribution is 2.47. The predicted octanol–water partition coefficient (Wildman–Crippen LogP) is 1.69. The molecule has 0 saturated heterocycles. The van der Waals surface area contributed by atoms with E-state index in [4.69, 9.17) is 10.5 Å². The molecule has 2 saturated carbocycles. The Bertz CT molecular complexity index is 521. The highest BCUT2D eigenvalue weighted by molar-refractivity contribution is 5.80. The van der Waals surface area contributed by atoms with E-state index in [1.165, 1.54) is 12.1 Å². The standard InChI is InChI=1S/C16H21FN2O2/c17-12-2-1-3-13(9-12)21-7-6-19-16(20)14-10-4-5-11(8-10)15(14)18/h1-3,9-11,14-15H,4-8,18H2,(H,19,20). The zero-order chi connectivity index (χ0) is 14.8. The zero-order valence-corrected chi connectivity index (χ0v) is 11.9. The molecule has 2 fully saturated rings. The summed E-state index contributed by atoms with van der Waals surface area (Å²) in [5.41, 5.74) is 6.14. The Morgan fingerprint density at radius 2 is 2.19 bits per heavy atom. The fourth-order valence-corrected chi connectivity index (χ4v) is 3.74. The molecule has 3 N–H and O–H groups in total. The van der Waals surface area contributed by atoms with Gasteiger partial charge in [-0.2, -0.15) is 0 Å². The molecular weight excluding hydrogens is 271 g/mol. The molecule has 2 aliphatic rings. The lowest BCUT2D eigenvalue weighted by atomic mass is 9.84. The van der Waals surface area contributed by atoms with Crippen LogP contribution in [0.15, 0.2) is 24.3 Å². The average Bonchev–Trinajstić information content (AvgIpc) is 3.04. The second kappa shape index (κ2) is 6.02. The fourth-order valence-electron chi connectivity index (χ4n) is 3.74. The summed E-state index contributed by atoms with van der Waals surface area (Å²) < 4.78 is 18.4. The lowest BCUT2D eigenvalue weighted by molar-refractivity contribution is -0.127. The molecule has 0 aromatic heterocycles. The molecule has 0 spiro atoms. The Morgan fingerprint density at radius 3 is 2.90 bits per heavy atom. The first-order chi connectivity index (χ1) is 10.1. The molecule has 21 heavy (non-hydrogen) atoms. The average molecular weight is 292 g/mol. The first-order valence-corrected chi connectivity index (χ1v) is 7.57. The topological polar surface area (TPSA) is 64.4 Å². The van der Waals surface area contributed by atoms with E-state index in [2.05, 4.69) is 5.32 Å². The van der Waals surface area contributed by atoms with E-state index >= 15 is 0 Å². The van der Waals surface area contributed by atoms with Crippen molar-refractivity contribution in [3.05, 3.63) is 30.1 Å². The van der Waals surface area contributed by atoms with Crippen molar-refractivity contribution in [1.82, 2.24) is 5.32 Å². The summed E-state index contributed by atoms with van der Waals surface area (Å²) in [6.07, 6.45) is 3.38. The minimum atomic E-state index is -0.329. The van der Waals surface area contributed by atoms with Crippen LogP contribution in [0.2, 0.25) is 0 Å². The zero-order valence-electron chi connectivity index (χ0n) is 11.9. The minimum Gasteiger partial charge on any atom is -0.492 e. The largest absolute Gasteiger partial charge is 0.492 e. The lowest BCUT2D eigenvalue weighted by Crippen LogP contribution is -2.46. The van der Waals surface area contributed by atoms with E-state index in [1.54, 1.807) is 12.1 Å². The molecule has 0 aliphatic heterocycles. The van der Waals surface area contributed by atoms with E-state index in [9.17, 15) is 9.18 Å². The van der Waals surface area contributed by atoms with Gasteiger partial charge in [-0.1, -0.05) is 6.07 Å². The number of carbonyl (C=O) groups excluding carboxylic acids is 1. The van der Waals surface area contributed by atoms with Gasteiger partial charge in [-0.25, -0.2) is 4.39 Å². The van der Waals surface area contributed by atoms with Crippen molar-refractivity contribution in [3.63, 3.8) is 0 Å².